The third-order valence-electron chi connectivity index (χ3n) is 4.62. The number of rotatable bonds is 6. The molecule has 1 aromatic carbocycles. The maximum absolute atomic E-state index is 12.3. The number of carbonyl (C=O) groups excluding carboxylic acids is 1. The molecule has 1 fully saturated rings. The summed E-state index contributed by atoms with van der Waals surface area (Å²) >= 11 is 1.25. The van der Waals surface area contributed by atoms with Crippen molar-refractivity contribution >= 4 is 27.3 Å². The van der Waals surface area contributed by atoms with E-state index in [1.165, 1.54) is 43.7 Å². The lowest BCUT2D eigenvalue weighted by molar-refractivity contribution is 0.0988. The van der Waals surface area contributed by atoms with Crippen molar-refractivity contribution < 1.29 is 4.79 Å². The molecule has 0 bridgehead atoms. The SMILES string of the molecule is CCC(=O)c1ccc2c(c1)sc(=O)n2CCCN1CCCCC1. The fourth-order valence-corrected chi connectivity index (χ4v) is 4.25. The van der Waals surface area contributed by atoms with Crippen molar-refractivity contribution in [3.05, 3.63) is 33.4 Å². The average molecular weight is 332 g/mol. The van der Waals surface area contributed by atoms with E-state index in [0.29, 0.717) is 12.0 Å². The molecule has 4 nitrogen and oxygen atoms in total. The molecule has 0 radical (unpaired) electrons. The van der Waals surface area contributed by atoms with Crippen molar-refractivity contribution in [3.8, 4) is 0 Å². The van der Waals surface area contributed by atoms with Crippen LogP contribution in [-0.4, -0.2) is 34.9 Å². The van der Waals surface area contributed by atoms with Crippen molar-refractivity contribution in [1.82, 2.24) is 9.47 Å². The fourth-order valence-electron chi connectivity index (χ4n) is 3.29. The van der Waals surface area contributed by atoms with Gasteiger partial charge in [0.1, 0.15) is 0 Å². The highest BCUT2D eigenvalue weighted by Gasteiger charge is 2.12. The minimum Gasteiger partial charge on any atom is -0.303 e. The molecule has 2 aromatic rings. The summed E-state index contributed by atoms with van der Waals surface area (Å²) in [5.41, 5.74) is 1.67. The van der Waals surface area contributed by atoms with Crippen molar-refractivity contribution in [2.75, 3.05) is 19.6 Å². The monoisotopic (exact) mass is 332 g/mol. The van der Waals surface area contributed by atoms with Gasteiger partial charge in [-0.05, 0) is 57.1 Å². The van der Waals surface area contributed by atoms with Crippen LogP contribution in [0.2, 0.25) is 0 Å². The summed E-state index contributed by atoms with van der Waals surface area (Å²) < 4.78 is 2.79. The number of hydrogen-bond acceptors (Lipinski definition) is 4. The van der Waals surface area contributed by atoms with Gasteiger partial charge in [0, 0.05) is 18.5 Å². The number of likely N-dealkylation sites (tertiary alicyclic amines) is 1. The summed E-state index contributed by atoms with van der Waals surface area (Å²) in [7, 11) is 0. The number of carbonyl (C=O) groups is 1. The van der Waals surface area contributed by atoms with Crippen LogP contribution in [0, 0.1) is 0 Å². The van der Waals surface area contributed by atoms with Gasteiger partial charge in [-0.1, -0.05) is 24.7 Å². The molecule has 124 valence electrons. The Hall–Kier alpha value is -1.46. The van der Waals surface area contributed by atoms with E-state index in [0.717, 1.165) is 29.7 Å². The molecule has 2 heterocycles. The molecule has 1 aliphatic rings. The second-order valence-electron chi connectivity index (χ2n) is 6.23. The van der Waals surface area contributed by atoms with Crippen LogP contribution < -0.4 is 4.87 Å². The van der Waals surface area contributed by atoms with Gasteiger partial charge in [0.2, 0.25) is 0 Å². The summed E-state index contributed by atoms with van der Waals surface area (Å²) in [6.45, 7) is 6.08. The van der Waals surface area contributed by atoms with Crippen LogP contribution in [0.5, 0.6) is 0 Å². The summed E-state index contributed by atoms with van der Waals surface area (Å²) in [5, 5.41) is 0. The van der Waals surface area contributed by atoms with E-state index in [4.69, 9.17) is 0 Å². The molecule has 5 heteroatoms. The smallest absolute Gasteiger partial charge is 0.303 e. The first-order valence-corrected chi connectivity index (χ1v) is 9.39. The lowest BCUT2D eigenvalue weighted by Gasteiger charge is -2.26. The number of aryl methyl sites for hydroxylation is 1. The Bertz CT molecular complexity index is 741. The van der Waals surface area contributed by atoms with Gasteiger partial charge in [-0.15, -0.1) is 0 Å². The van der Waals surface area contributed by atoms with Crippen molar-refractivity contribution in [1.29, 1.82) is 0 Å². The molecule has 0 spiro atoms. The highest BCUT2D eigenvalue weighted by Crippen LogP contribution is 2.20. The van der Waals surface area contributed by atoms with Crippen LogP contribution in [0.15, 0.2) is 23.0 Å². The molecular weight excluding hydrogens is 308 g/mol. The van der Waals surface area contributed by atoms with Crippen LogP contribution >= 0.6 is 11.3 Å². The maximum Gasteiger partial charge on any atom is 0.308 e. The van der Waals surface area contributed by atoms with Gasteiger partial charge < -0.3 is 4.90 Å². The minimum absolute atomic E-state index is 0.0831. The molecule has 0 saturated carbocycles. The van der Waals surface area contributed by atoms with Crippen LogP contribution in [-0.2, 0) is 6.54 Å². The van der Waals surface area contributed by atoms with Crippen LogP contribution in [0.25, 0.3) is 10.2 Å². The lowest BCUT2D eigenvalue weighted by atomic mass is 10.1. The molecule has 0 N–H and O–H groups in total. The summed E-state index contributed by atoms with van der Waals surface area (Å²) in [6, 6.07) is 5.65. The molecule has 0 amide bonds. The fraction of sp³-hybridized carbons (Fsp3) is 0.556. The molecule has 3 rings (SSSR count). The zero-order chi connectivity index (χ0) is 16.2. The number of nitrogens with zero attached hydrogens (tertiary/aromatic N) is 2. The average Bonchev–Trinajstić information content (AvgIpc) is 2.90. The third-order valence-corrected chi connectivity index (χ3v) is 5.56. The van der Waals surface area contributed by atoms with E-state index < -0.39 is 0 Å². The first-order valence-electron chi connectivity index (χ1n) is 8.58. The number of piperidine rings is 1. The predicted molar refractivity (Wildman–Crippen MR) is 95.6 cm³/mol. The molecule has 1 aromatic heterocycles. The Kier molecular flexibility index (Phi) is 5.28. The highest BCUT2D eigenvalue weighted by molar-refractivity contribution is 7.16. The summed E-state index contributed by atoms with van der Waals surface area (Å²) in [4.78, 5) is 26.6. The minimum atomic E-state index is 0.0831. The van der Waals surface area contributed by atoms with Gasteiger partial charge in [0.05, 0.1) is 10.2 Å². The zero-order valence-corrected chi connectivity index (χ0v) is 14.5. The molecule has 0 unspecified atom stereocenters. The largest absolute Gasteiger partial charge is 0.308 e. The zero-order valence-electron chi connectivity index (χ0n) is 13.7. The van der Waals surface area contributed by atoms with Crippen LogP contribution in [0.3, 0.4) is 0 Å². The normalized spacial score (nSPS) is 16.0. The van der Waals surface area contributed by atoms with Gasteiger partial charge in [-0.25, -0.2) is 0 Å². The van der Waals surface area contributed by atoms with Gasteiger partial charge in [0.15, 0.2) is 5.78 Å². The van der Waals surface area contributed by atoms with E-state index in [1.807, 2.05) is 29.7 Å². The Balaban J connectivity index is 1.71. The number of thiazole rings is 1. The Morgan fingerprint density at radius 3 is 2.70 bits per heavy atom. The first-order chi connectivity index (χ1) is 11.2. The number of benzene rings is 1. The van der Waals surface area contributed by atoms with E-state index in [1.54, 1.807) is 0 Å². The molecule has 23 heavy (non-hydrogen) atoms. The van der Waals surface area contributed by atoms with Gasteiger partial charge in [0.25, 0.3) is 0 Å². The maximum atomic E-state index is 12.3. The Morgan fingerprint density at radius 2 is 1.96 bits per heavy atom. The molecule has 0 aliphatic carbocycles. The summed E-state index contributed by atoms with van der Waals surface area (Å²) in [6.07, 6.45) is 5.45. The van der Waals surface area contributed by atoms with Gasteiger partial charge in [-0.2, -0.15) is 0 Å². The second-order valence-corrected chi connectivity index (χ2v) is 7.23. The standard InChI is InChI=1S/C18H24N2O2S/c1-2-16(21)14-7-8-15-17(13-14)23-18(22)20(15)12-6-11-19-9-4-3-5-10-19/h7-8,13H,2-6,9-12H2,1H3. The topological polar surface area (TPSA) is 42.3 Å². The van der Waals surface area contributed by atoms with E-state index >= 15 is 0 Å². The second kappa shape index (κ2) is 7.41. The molecule has 1 aliphatic heterocycles. The number of ketones is 1. The Labute approximate surface area is 140 Å². The predicted octanol–water partition coefficient (Wildman–Crippen LogP) is 3.53. The van der Waals surface area contributed by atoms with E-state index in [9.17, 15) is 9.59 Å². The van der Waals surface area contributed by atoms with Gasteiger partial charge >= 0.3 is 4.87 Å². The third kappa shape index (κ3) is 3.72. The number of Topliss-reactive ketones (excluding diaryl/α,β-unsaturated/α-hetero) is 1. The lowest BCUT2D eigenvalue weighted by Crippen LogP contribution is -2.31. The Morgan fingerprint density at radius 1 is 1.17 bits per heavy atom. The quantitative estimate of drug-likeness (QED) is 0.760. The van der Waals surface area contributed by atoms with Gasteiger partial charge in [-0.3, -0.25) is 14.2 Å². The van der Waals surface area contributed by atoms with Crippen LogP contribution in [0.1, 0.15) is 49.4 Å². The van der Waals surface area contributed by atoms with E-state index in [-0.39, 0.29) is 10.7 Å². The van der Waals surface area contributed by atoms with Crippen LogP contribution in [0.4, 0.5) is 0 Å². The number of fused-ring (bicyclic) bond motifs is 1. The first kappa shape index (κ1) is 16.4. The molecular formula is C18H24N2O2S. The van der Waals surface area contributed by atoms with Crippen molar-refractivity contribution in [2.24, 2.45) is 0 Å². The van der Waals surface area contributed by atoms with E-state index in [2.05, 4.69) is 4.90 Å². The molecule has 0 atom stereocenters. The molecule has 1 saturated heterocycles. The van der Waals surface area contributed by atoms with Crippen molar-refractivity contribution in [3.63, 3.8) is 0 Å². The summed E-state index contributed by atoms with van der Waals surface area (Å²) in [5.74, 6) is 0.129. The number of aromatic nitrogens is 1. The highest BCUT2D eigenvalue weighted by atomic mass is 32.1. The van der Waals surface area contributed by atoms with Crippen molar-refractivity contribution in [2.45, 2.75) is 45.6 Å². The number of hydrogen-bond donors (Lipinski definition) is 0.